The monoisotopic (exact) mass is 342 g/mol. The van der Waals surface area contributed by atoms with Gasteiger partial charge in [0.25, 0.3) is 0 Å². The number of ether oxygens (including phenoxy) is 2. The summed E-state index contributed by atoms with van der Waals surface area (Å²) < 4.78 is 11.6. The fourth-order valence-corrected chi connectivity index (χ4v) is 3.45. The molecular formula is C16H23BrO3. The van der Waals surface area contributed by atoms with Crippen LogP contribution >= 0.6 is 15.9 Å². The van der Waals surface area contributed by atoms with Crippen molar-refractivity contribution in [2.75, 3.05) is 14.2 Å². The van der Waals surface area contributed by atoms with Crippen LogP contribution < -0.4 is 9.47 Å². The lowest BCUT2D eigenvalue weighted by molar-refractivity contribution is 0.0732. The molecule has 1 aliphatic rings. The molecule has 0 bridgehead atoms. The molecule has 4 heteroatoms. The zero-order valence-corrected chi connectivity index (χ0v) is 13.9. The summed E-state index contributed by atoms with van der Waals surface area (Å²) in [5, 5.41) is 10.7. The molecule has 0 radical (unpaired) electrons. The highest BCUT2D eigenvalue weighted by Crippen LogP contribution is 2.42. The largest absolute Gasteiger partial charge is 0.496 e. The minimum Gasteiger partial charge on any atom is -0.496 e. The number of aliphatic hydroxyl groups excluding tert-OH is 1. The van der Waals surface area contributed by atoms with Crippen LogP contribution in [0.25, 0.3) is 0 Å². The Morgan fingerprint density at radius 2 is 1.70 bits per heavy atom. The van der Waals surface area contributed by atoms with E-state index >= 15 is 0 Å². The minimum atomic E-state index is -0.487. The molecular weight excluding hydrogens is 320 g/mol. The van der Waals surface area contributed by atoms with Crippen molar-refractivity contribution in [2.24, 2.45) is 11.8 Å². The lowest BCUT2D eigenvalue weighted by Crippen LogP contribution is -2.19. The molecule has 0 spiro atoms. The highest BCUT2D eigenvalue weighted by atomic mass is 79.9. The van der Waals surface area contributed by atoms with Gasteiger partial charge in [0, 0.05) is 5.56 Å². The average Bonchev–Trinajstić information content (AvgIpc) is 2.47. The highest BCUT2D eigenvalue weighted by molar-refractivity contribution is 9.10. The average molecular weight is 343 g/mol. The highest BCUT2D eigenvalue weighted by Gasteiger charge is 2.28. The van der Waals surface area contributed by atoms with Crippen molar-refractivity contribution in [3.8, 4) is 11.5 Å². The van der Waals surface area contributed by atoms with Gasteiger partial charge in [0.15, 0.2) is 0 Å². The van der Waals surface area contributed by atoms with Crippen molar-refractivity contribution in [1.29, 1.82) is 0 Å². The Bertz CT molecular complexity index is 453. The standard InChI is InChI=1S/C16H23BrO3/c1-10-4-6-11(7-5-10)16(18)12-8-15(20-3)13(17)9-14(12)19-2/h8-11,16,18H,4-7H2,1-3H3. The van der Waals surface area contributed by atoms with Gasteiger partial charge in [0.1, 0.15) is 11.5 Å². The van der Waals surface area contributed by atoms with E-state index < -0.39 is 6.10 Å². The number of aliphatic hydroxyl groups is 1. The van der Waals surface area contributed by atoms with E-state index in [0.717, 1.165) is 34.5 Å². The first kappa shape index (κ1) is 15.6. The van der Waals surface area contributed by atoms with Crippen LogP contribution in [0.3, 0.4) is 0 Å². The van der Waals surface area contributed by atoms with E-state index in [9.17, 15) is 5.11 Å². The van der Waals surface area contributed by atoms with Crippen LogP contribution in [0.5, 0.6) is 11.5 Å². The van der Waals surface area contributed by atoms with Crippen molar-refractivity contribution in [1.82, 2.24) is 0 Å². The van der Waals surface area contributed by atoms with Gasteiger partial charge in [-0.2, -0.15) is 0 Å². The SMILES string of the molecule is COc1cc(C(O)C2CCC(C)CC2)c(OC)cc1Br. The van der Waals surface area contributed by atoms with Crippen LogP contribution in [-0.2, 0) is 0 Å². The van der Waals surface area contributed by atoms with Crippen molar-refractivity contribution in [3.05, 3.63) is 22.2 Å². The number of hydrogen-bond donors (Lipinski definition) is 1. The van der Waals surface area contributed by atoms with Crippen LogP contribution in [-0.4, -0.2) is 19.3 Å². The number of halogens is 1. The van der Waals surface area contributed by atoms with Crippen LogP contribution in [0.2, 0.25) is 0 Å². The number of rotatable bonds is 4. The van der Waals surface area contributed by atoms with Gasteiger partial charge in [-0.15, -0.1) is 0 Å². The topological polar surface area (TPSA) is 38.7 Å². The van der Waals surface area contributed by atoms with Crippen LogP contribution in [0.15, 0.2) is 16.6 Å². The lowest BCUT2D eigenvalue weighted by Gasteiger charge is -2.30. The summed E-state index contributed by atoms with van der Waals surface area (Å²) in [7, 11) is 3.26. The molecule has 1 aliphatic carbocycles. The third-order valence-electron chi connectivity index (χ3n) is 4.33. The zero-order valence-electron chi connectivity index (χ0n) is 12.4. The van der Waals surface area contributed by atoms with Crippen molar-refractivity contribution in [3.63, 3.8) is 0 Å². The fourth-order valence-electron chi connectivity index (χ4n) is 2.97. The summed E-state index contributed by atoms with van der Waals surface area (Å²) in [5.74, 6) is 2.53. The summed E-state index contributed by atoms with van der Waals surface area (Å²) >= 11 is 3.45. The third kappa shape index (κ3) is 3.29. The van der Waals surface area contributed by atoms with E-state index in [1.807, 2.05) is 12.1 Å². The van der Waals surface area contributed by atoms with Crippen LogP contribution in [0, 0.1) is 11.8 Å². The molecule has 1 atom stereocenters. The molecule has 3 nitrogen and oxygen atoms in total. The predicted molar refractivity (Wildman–Crippen MR) is 83.3 cm³/mol. The Labute approximate surface area is 129 Å². The van der Waals surface area contributed by atoms with Crippen LogP contribution in [0.1, 0.15) is 44.3 Å². The Kier molecular flexibility index (Phi) is 5.33. The molecule has 2 rings (SSSR count). The summed E-state index contributed by atoms with van der Waals surface area (Å²) in [5.41, 5.74) is 0.826. The number of hydrogen-bond acceptors (Lipinski definition) is 3. The van der Waals surface area contributed by atoms with Gasteiger partial charge >= 0.3 is 0 Å². The molecule has 1 fully saturated rings. The molecule has 1 N–H and O–H groups in total. The van der Waals surface area contributed by atoms with Crippen molar-refractivity contribution < 1.29 is 14.6 Å². The maximum atomic E-state index is 10.7. The summed E-state index contributed by atoms with van der Waals surface area (Å²) in [4.78, 5) is 0. The first-order valence-electron chi connectivity index (χ1n) is 7.16. The van der Waals surface area contributed by atoms with E-state index in [1.54, 1.807) is 14.2 Å². The van der Waals surface area contributed by atoms with E-state index in [1.165, 1.54) is 12.8 Å². The van der Waals surface area contributed by atoms with Crippen LogP contribution in [0.4, 0.5) is 0 Å². The van der Waals surface area contributed by atoms with Gasteiger partial charge in [0.05, 0.1) is 24.8 Å². The second-order valence-electron chi connectivity index (χ2n) is 5.69. The first-order valence-corrected chi connectivity index (χ1v) is 7.95. The smallest absolute Gasteiger partial charge is 0.133 e. The van der Waals surface area contributed by atoms with Gasteiger partial charge in [-0.25, -0.2) is 0 Å². The Balaban J connectivity index is 2.26. The normalized spacial score (nSPS) is 24.2. The second-order valence-corrected chi connectivity index (χ2v) is 6.55. The quantitative estimate of drug-likeness (QED) is 0.885. The number of methoxy groups -OCH3 is 2. The van der Waals surface area contributed by atoms with E-state index in [0.29, 0.717) is 11.7 Å². The molecule has 0 aromatic heterocycles. The summed E-state index contributed by atoms with van der Waals surface area (Å²) in [6.07, 6.45) is 4.04. The molecule has 112 valence electrons. The molecule has 1 aromatic rings. The molecule has 0 heterocycles. The zero-order chi connectivity index (χ0) is 14.7. The van der Waals surface area contributed by atoms with E-state index in [-0.39, 0.29) is 0 Å². The Hall–Kier alpha value is -0.740. The minimum absolute atomic E-state index is 0.311. The first-order chi connectivity index (χ1) is 9.56. The molecule has 0 aliphatic heterocycles. The van der Waals surface area contributed by atoms with Gasteiger partial charge in [-0.05, 0) is 52.7 Å². The molecule has 1 aromatic carbocycles. The fraction of sp³-hybridized carbons (Fsp3) is 0.625. The number of benzene rings is 1. The maximum Gasteiger partial charge on any atom is 0.133 e. The molecule has 1 saturated carbocycles. The second kappa shape index (κ2) is 6.81. The molecule has 0 amide bonds. The van der Waals surface area contributed by atoms with Gasteiger partial charge in [-0.3, -0.25) is 0 Å². The van der Waals surface area contributed by atoms with Crippen molar-refractivity contribution in [2.45, 2.75) is 38.7 Å². The van der Waals surface area contributed by atoms with Gasteiger partial charge in [0.2, 0.25) is 0 Å². The molecule has 20 heavy (non-hydrogen) atoms. The molecule has 1 unspecified atom stereocenters. The predicted octanol–water partition coefficient (Wildman–Crippen LogP) is 4.33. The summed E-state index contributed by atoms with van der Waals surface area (Å²) in [6.45, 7) is 2.28. The lowest BCUT2D eigenvalue weighted by atomic mass is 9.78. The van der Waals surface area contributed by atoms with Gasteiger partial charge < -0.3 is 14.6 Å². The summed E-state index contributed by atoms with van der Waals surface area (Å²) in [6, 6.07) is 3.74. The Morgan fingerprint density at radius 1 is 1.10 bits per heavy atom. The van der Waals surface area contributed by atoms with E-state index in [4.69, 9.17) is 9.47 Å². The van der Waals surface area contributed by atoms with Gasteiger partial charge in [-0.1, -0.05) is 19.8 Å². The third-order valence-corrected chi connectivity index (χ3v) is 4.95. The van der Waals surface area contributed by atoms with E-state index in [2.05, 4.69) is 22.9 Å². The van der Waals surface area contributed by atoms with Crippen molar-refractivity contribution >= 4 is 15.9 Å². The Morgan fingerprint density at radius 3 is 2.25 bits per heavy atom. The maximum absolute atomic E-state index is 10.7. The molecule has 0 saturated heterocycles.